The number of carbonyl (C=O) groups is 1. The number of aliphatic hydroxyl groups excluding tert-OH is 2. The molecule has 7 heteroatoms. The summed E-state index contributed by atoms with van der Waals surface area (Å²) in [5.74, 6) is -0.383. The smallest absolute Gasteiger partial charge is 0.256 e. The molecule has 1 unspecified atom stereocenters. The molecule has 0 aliphatic carbocycles. The maximum Gasteiger partial charge on any atom is 0.256 e. The second-order valence-electron chi connectivity index (χ2n) is 3.49. The molecule has 7 nitrogen and oxygen atoms in total. The van der Waals surface area contributed by atoms with Crippen molar-refractivity contribution in [3.63, 3.8) is 0 Å². The van der Waals surface area contributed by atoms with E-state index in [4.69, 9.17) is 10.2 Å². The van der Waals surface area contributed by atoms with Gasteiger partial charge in [0.15, 0.2) is 5.65 Å². The first-order chi connectivity index (χ1) is 8.22. The lowest BCUT2D eigenvalue weighted by atomic mass is 10.3. The number of hydrogen-bond donors (Lipinski definition) is 3. The molecule has 2 rings (SSSR count). The fourth-order valence-corrected chi connectivity index (χ4v) is 1.36. The molecule has 17 heavy (non-hydrogen) atoms. The Balaban J connectivity index is 2.14. The molecule has 0 radical (unpaired) electrons. The zero-order valence-electron chi connectivity index (χ0n) is 8.95. The molecule has 0 spiro atoms. The first kappa shape index (κ1) is 11.5. The average molecular weight is 236 g/mol. The van der Waals surface area contributed by atoms with Crippen molar-refractivity contribution in [1.82, 2.24) is 19.9 Å². The minimum Gasteiger partial charge on any atom is -0.394 e. The number of amides is 1. The van der Waals surface area contributed by atoms with Crippen LogP contribution in [0.25, 0.3) is 5.65 Å². The Kier molecular flexibility index (Phi) is 3.31. The van der Waals surface area contributed by atoms with Crippen LogP contribution in [0.2, 0.25) is 0 Å². The normalized spacial score (nSPS) is 12.6. The van der Waals surface area contributed by atoms with Gasteiger partial charge >= 0.3 is 0 Å². The Morgan fingerprint density at radius 3 is 3.18 bits per heavy atom. The van der Waals surface area contributed by atoms with E-state index in [-0.39, 0.29) is 12.5 Å². The lowest BCUT2D eigenvalue weighted by Crippen LogP contribution is -2.33. The second kappa shape index (κ2) is 4.89. The van der Waals surface area contributed by atoms with Gasteiger partial charge in [0.05, 0.1) is 18.9 Å². The topological polar surface area (TPSA) is 99.8 Å². The molecule has 1 atom stereocenters. The van der Waals surface area contributed by atoms with Crippen LogP contribution >= 0.6 is 0 Å². The summed E-state index contributed by atoms with van der Waals surface area (Å²) in [6.07, 6.45) is 3.69. The largest absolute Gasteiger partial charge is 0.394 e. The van der Waals surface area contributed by atoms with Crippen LogP contribution in [0.1, 0.15) is 10.4 Å². The van der Waals surface area contributed by atoms with E-state index in [9.17, 15) is 4.79 Å². The molecule has 0 saturated carbocycles. The van der Waals surface area contributed by atoms with Crippen LogP contribution in [-0.4, -0.2) is 50.0 Å². The number of aromatic nitrogens is 3. The molecular weight excluding hydrogens is 224 g/mol. The van der Waals surface area contributed by atoms with Gasteiger partial charge in [0.1, 0.15) is 5.56 Å². The van der Waals surface area contributed by atoms with Crippen LogP contribution < -0.4 is 5.32 Å². The summed E-state index contributed by atoms with van der Waals surface area (Å²) in [6.45, 7) is -0.410. The second-order valence-corrected chi connectivity index (χ2v) is 3.49. The number of nitrogens with zero attached hydrogens (tertiary/aromatic N) is 3. The van der Waals surface area contributed by atoms with E-state index in [0.717, 1.165) is 0 Å². The molecule has 0 aromatic carbocycles. The van der Waals surface area contributed by atoms with E-state index in [2.05, 4.69) is 15.4 Å². The highest BCUT2D eigenvalue weighted by molar-refractivity contribution is 5.99. The van der Waals surface area contributed by atoms with Gasteiger partial charge in [0, 0.05) is 18.9 Å². The van der Waals surface area contributed by atoms with Crippen molar-refractivity contribution in [2.24, 2.45) is 0 Å². The Bertz CT molecular complexity index is 525. The SMILES string of the molecule is O=C(NCC(O)CO)c1cnn2cccnc12. The molecule has 3 N–H and O–H groups in total. The molecular formula is C10H12N4O3. The molecule has 0 fully saturated rings. The standard InChI is InChI=1S/C10H12N4O3/c15-6-7(16)4-12-10(17)8-5-13-14-3-1-2-11-9(8)14/h1-3,5,7,15-16H,4,6H2,(H,12,17). The van der Waals surface area contributed by atoms with Gasteiger partial charge in [-0.1, -0.05) is 0 Å². The highest BCUT2D eigenvalue weighted by Gasteiger charge is 2.14. The van der Waals surface area contributed by atoms with Crippen LogP contribution in [0.3, 0.4) is 0 Å². The van der Waals surface area contributed by atoms with E-state index in [0.29, 0.717) is 11.2 Å². The predicted molar refractivity (Wildman–Crippen MR) is 58.4 cm³/mol. The van der Waals surface area contributed by atoms with Gasteiger partial charge in [-0.2, -0.15) is 5.10 Å². The van der Waals surface area contributed by atoms with Gasteiger partial charge in [0.2, 0.25) is 0 Å². The molecule has 0 bridgehead atoms. The van der Waals surface area contributed by atoms with Gasteiger partial charge in [-0.05, 0) is 6.07 Å². The van der Waals surface area contributed by atoms with Crippen molar-refractivity contribution in [3.8, 4) is 0 Å². The minimum atomic E-state index is -0.964. The van der Waals surface area contributed by atoms with Crippen molar-refractivity contribution >= 4 is 11.6 Å². The van der Waals surface area contributed by atoms with E-state index in [1.807, 2.05) is 0 Å². The van der Waals surface area contributed by atoms with Gasteiger partial charge in [-0.3, -0.25) is 4.79 Å². The average Bonchev–Trinajstić information content (AvgIpc) is 2.79. The lowest BCUT2D eigenvalue weighted by molar-refractivity contribution is 0.0803. The maximum absolute atomic E-state index is 11.7. The zero-order chi connectivity index (χ0) is 12.3. The van der Waals surface area contributed by atoms with E-state index in [1.54, 1.807) is 18.5 Å². The highest BCUT2D eigenvalue weighted by atomic mass is 16.3. The minimum absolute atomic E-state index is 0.0144. The molecule has 2 heterocycles. The molecule has 0 aliphatic heterocycles. The molecule has 0 saturated heterocycles. The summed E-state index contributed by atoms with van der Waals surface area (Å²) in [4.78, 5) is 15.8. The molecule has 2 aromatic heterocycles. The molecule has 90 valence electrons. The van der Waals surface area contributed by atoms with E-state index in [1.165, 1.54) is 10.7 Å². The number of nitrogens with one attached hydrogen (secondary N) is 1. The number of carbonyl (C=O) groups excluding carboxylic acids is 1. The zero-order valence-corrected chi connectivity index (χ0v) is 8.95. The summed E-state index contributed by atoms with van der Waals surface area (Å²) in [7, 11) is 0. The Labute approximate surface area is 96.7 Å². The summed E-state index contributed by atoms with van der Waals surface area (Å²) in [5, 5.41) is 24.2. The third kappa shape index (κ3) is 2.40. The van der Waals surface area contributed by atoms with Crippen molar-refractivity contribution < 1.29 is 15.0 Å². The number of rotatable bonds is 4. The van der Waals surface area contributed by atoms with Gasteiger partial charge in [-0.15, -0.1) is 0 Å². The summed E-state index contributed by atoms with van der Waals surface area (Å²) < 4.78 is 1.48. The molecule has 0 aliphatic rings. The van der Waals surface area contributed by atoms with Crippen molar-refractivity contribution in [2.75, 3.05) is 13.2 Å². The molecule has 2 aromatic rings. The number of hydrogen-bond acceptors (Lipinski definition) is 5. The van der Waals surface area contributed by atoms with Crippen LogP contribution in [0.5, 0.6) is 0 Å². The van der Waals surface area contributed by atoms with Gasteiger partial charge in [0.25, 0.3) is 5.91 Å². The van der Waals surface area contributed by atoms with Gasteiger partial charge in [-0.25, -0.2) is 9.50 Å². The number of fused-ring (bicyclic) bond motifs is 1. The fraction of sp³-hybridized carbons (Fsp3) is 0.300. The summed E-state index contributed by atoms with van der Waals surface area (Å²) >= 11 is 0. The summed E-state index contributed by atoms with van der Waals surface area (Å²) in [6, 6.07) is 1.71. The Morgan fingerprint density at radius 2 is 2.41 bits per heavy atom. The highest BCUT2D eigenvalue weighted by Crippen LogP contribution is 2.06. The monoisotopic (exact) mass is 236 g/mol. The van der Waals surface area contributed by atoms with Crippen LogP contribution in [0, 0.1) is 0 Å². The third-order valence-electron chi connectivity index (χ3n) is 2.23. The summed E-state index contributed by atoms with van der Waals surface area (Å²) in [5.41, 5.74) is 0.777. The van der Waals surface area contributed by atoms with Crippen molar-refractivity contribution in [2.45, 2.75) is 6.10 Å². The van der Waals surface area contributed by atoms with Crippen molar-refractivity contribution in [1.29, 1.82) is 0 Å². The lowest BCUT2D eigenvalue weighted by Gasteiger charge is -2.07. The quantitative estimate of drug-likeness (QED) is 0.620. The van der Waals surface area contributed by atoms with E-state index < -0.39 is 12.7 Å². The van der Waals surface area contributed by atoms with Crippen LogP contribution in [0.15, 0.2) is 24.7 Å². The van der Waals surface area contributed by atoms with Crippen LogP contribution in [0.4, 0.5) is 0 Å². The number of aliphatic hydroxyl groups is 2. The Morgan fingerprint density at radius 1 is 1.59 bits per heavy atom. The third-order valence-corrected chi connectivity index (χ3v) is 2.23. The van der Waals surface area contributed by atoms with Crippen molar-refractivity contribution in [3.05, 3.63) is 30.2 Å². The van der Waals surface area contributed by atoms with E-state index >= 15 is 0 Å². The predicted octanol–water partition coefficient (Wildman–Crippen LogP) is -1.19. The fourth-order valence-electron chi connectivity index (χ4n) is 1.36. The Hall–Kier alpha value is -1.99. The first-order valence-electron chi connectivity index (χ1n) is 5.08. The van der Waals surface area contributed by atoms with Crippen LogP contribution in [-0.2, 0) is 0 Å². The van der Waals surface area contributed by atoms with Gasteiger partial charge < -0.3 is 15.5 Å². The maximum atomic E-state index is 11.7. The molecule has 1 amide bonds. The first-order valence-corrected chi connectivity index (χ1v) is 5.08.